The fourth-order valence-electron chi connectivity index (χ4n) is 1.25. The molecule has 1 aromatic carbocycles. The molecule has 0 aliphatic heterocycles. The average Bonchev–Trinajstić information content (AvgIpc) is 2.78. The van der Waals surface area contributed by atoms with Crippen molar-refractivity contribution in [3.8, 4) is 11.5 Å². The molecule has 0 bridgehead atoms. The van der Waals surface area contributed by atoms with E-state index in [1.807, 2.05) is 37.3 Å². The molecule has 0 fully saturated rings. The third-order valence-corrected chi connectivity index (χ3v) is 2.10. The van der Waals surface area contributed by atoms with Crippen LogP contribution < -0.4 is 5.32 Å². The number of aliphatic hydroxyl groups is 1. The number of hydrogen-bond acceptors (Lipinski definition) is 5. The maximum Gasteiger partial charge on any atom is 0.264 e. The molecule has 2 rings (SSSR count). The minimum Gasteiger partial charge on any atom is -0.394 e. The van der Waals surface area contributed by atoms with Crippen LogP contribution in [0, 0.1) is 0 Å². The van der Waals surface area contributed by atoms with E-state index in [2.05, 4.69) is 15.5 Å². The van der Waals surface area contributed by atoms with Gasteiger partial charge in [0.05, 0.1) is 6.61 Å². The number of anilines is 1. The number of hydrogen-bond donors (Lipinski definition) is 2. The summed E-state index contributed by atoms with van der Waals surface area (Å²) in [6.07, 6.45) is 0. The van der Waals surface area contributed by atoms with Gasteiger partial charge in [0.2, 0.25) is 0 Å². The number of aromatic nitrogens is 2. The van der Waals surface area contributed by atoms with Crippen LogP contribution in [0.2, 0.25) is 0 Å². The molecule has 0 saturated carbocycles. The highest BCUT2D eigenvalue weighted by atomic mass is 16.5. The van der Waals surface area contributed by atoms with Gasteiger partial charge >= 0.3 is 0 Å². The highest BCUT2D eigenvalue weighted by Crippen LogP contribution is 2.17. The first kappa shape index (κ1) is 10.6. The standard InChI is InChI=1S/C11H13N3O2/c1-8(7-15)12-11-13-10(16-14-11)9-5-3-2-4-6-9/h2-6,8,15H,7H2,1H3,(H,12,14)/t8-/m0/s1. The molecule has 2 N–H and O–H groups in total. The van der Waals surface area contributed by atoms with Crippen LogP contribution in [0.25, 0.3) is 11.5 Å². The summed E-state index contributed by atoms with van der Waals surface area (Å²) in [5.74, 6) is 0.855. The minimum atomic E-state index is -0.0961. The average molecular weight is 219 g/mol. The molecule has 0 amide bonds. The third kappa shape index (κ3) is 2.38. The van der Waals surface area contributed by atoms with E-state index in [0.29, 0.717) is 11.8 Å². The Morgan fingerprint density at radius 1 is 1.38 bits per heavy atom. The number of aliphatic hydroxyl groups excluding tert-OH is 1. The van der Waals surface area contributed by atoms with Crippen LogP contribution in [0.15, 0.2) is 34.9 Å². The Balaban J connectivity index is 2.14. The van der Waals surface area contributed by atoms with Crippen molar-refractivity contribution < 1.29 is 9.63 Å². The van der Waals surface area contributed by atoms with Gasteiger partial charge in [0.1, 0.15) is 0 Å². The molecule has 0 radical (unpaired) electrons. The number of rotatable bonds is 4. The predicted octanol–water partition coefficient (Wildman–Crippen LogP) is 1.53. The van der Waals surface area contributed by atoms with Crippen molar-refractivity contribution in [1.29, 1.82) is 0 Å². The molecule has 1 aromatic heterocycles. The van der Waals surface area contributed by atoms with Crippen molar-refractivity contribution in [2.45, 2.75) is 13.0 Å². The molecular weight excluding hydrogens is 206 g/mol. The summed E-state index contributed by atoms with van der Waals surface area (Å²) in [7, 11) is 0. The monoisotopic (exact) mass is 219 g/mol. The van der Waals surface area contributed by atoms with E-state index >= 15 is 0 Å². The highest BCUT2D eigenvalue weighted by Gasteiger charge is 2.09. The van der Waals surface area contributed by atoms with Gasteiger partial charge in [-0.1, -0.05) is 18.2 Å². The summed E-state index contributed by atoms with van der Waals surface area (Å²) in [5.41, 5.74) is 0.875. The quantitative estimate of drug-likeness (QED) is 0.816. The van der Waals surface area contributed by atoms with Crippen molar-refractivity contribution >= 4 is 5.95 Å². The summed E-state index contributed by atoms with van der Waals surface area (Å²) in [5, 5.41) is 15.6. The highest BCUT2D eigenvalue weighted by molar-refractivity contribution is 5.53. The lowest BCUT2D eigenvalue weighted by atomic mass is 10.2. The SMILES string of the molecule is C[C@@H](CO)Nc1noc(-c2ccccc2)n1. The molecule has 5 nitrogen and oxygen atoms in total. The van der Waals surface area contributed by atoms with Gasteiger partial charge in [-0.2, -0.15) is 4.98 Å². The Kier molecular flexibility index (Phi) is 3.16. The largest absolute Gasteiger partial charge is 0.394 e. The van der Waals surface area contributed by atoms with Crippen LogP contribution in [0.3, 0.4) is 0 Å². The third-order valence-electron chi connectivity index (χ3n) is 2.10. The summed E-state index contributed by atoms with van der Waals surface area (Å²) in [6, 6.07) is 9.43. The van der Waals surface area contributed by atoms with Crippen molar-refractivity contribution in [2.24, 2.45) is 0 Å². The molecule has 1 heterocycles. The lowest BCUT2D eigenvalue weighted by Crippen LogP contribution is -2.19. The molecule has 5 heteroatoms. The number of nitrogens with one attached hydrogen (secondary N) is 1. The van der Waals surface area contributed by atoms with Gasteiger partial charge in [0, 0.05) is 11.6 Å². The van der Waals surface area contributed by atoms with Gasteiger partial charge in [-0.3, -0.25) is 0 Å². The second-order valence-electron chi connectivity index (χ2n) is 3.52. The zero-order valence-corrected chi connectivity index (χ0v) is 8.92. The van der Waals surface area contributed by atoms with Crippen LogP contribution in [0.5, 0.6) is 0 Å². The molecule has 2 aromatic rings. The maximum atomic E-state index is 8.87. The smallest absolute Gasteiger partial charge is 0.264 e. The molecule has 84 valence electrons. The van der Waals surface area contributed by atoms with Crippen LogP contribution in [-0.2, 0) is 0 Å². The van der Waals surface area contributed by atoms with Gasteiger partial charge in [-0.25, -0.2) is 0 Å². The molecule has 0 spiro atoms. The Hall–Kier alpha value is -1.88. The van der Waals surface area contributed by atoms with E-state index in [9.17, 15) is 0 Å². The van der Waals surface area contributed by atoms with Gasteiger partial charge in [-0.05, 0) is 24.2 Å². The van der Waals surface area contributed by atoms with E-state index in [0.717, 1.165) is 5.56 Å². The lowest BCUT2D eigenvalue weighted by molar-refractivity contribution is 0.280. The van der Waals surface area contributed by atoms with E-state index in [1.54, 1.807) is 0 Å². The van der Waals surface area contributed by atoms with E-state index in [1.165, 1.54) is 0 Å². The fourth-order valence-corrected chi connectivity index (χ4v) is 1.25. The van der Waals surface area contributed by atoms with Crippen LogP contribution in [0.1, 0.15) is 6.92 Å². The predicted molar refractivity (Wildman–Crippen MR) is 59.9 cm³/mol. The van der Waals surface area contributed by atoms with Gasteiger partial charge < -0.3 is 14.9 Å². The Morgan fingerprint density at radius 3 is 2.81 bits per heavy atom. The fraction of sp³-hybridized carbons (Fsp3) is 0.273. The van der Waals surface area contributed by atoms with E-state index in [-0.39, 0.29) is 12.6 Å². The summed E-state index contributed by atoms with van der Waals surface area (Å²) >= 11 is 0. The molecule has 16 heavy (non-hydrogen) atoms. The Labute approximate surface area is 93.1 Å². The second kappa shape index (κ2) is 4.76. The second-order valence-corrected chi connectivity index (χ2v) is 3.52. The summed E-state index contributed by atoms with van der Waals surface area (Å²) in [4.78, 5) is 4.17. The molecular formula is C11H13N3O2. The van der Waals surface area contributed by atoms with Crippen LogP contribution in [-0.4, -0.2) is 27.9 Å². The summed E-state index contributed by atoms with van der Waals surface area (Å²) < 4.78 is 5.09. The van der Waals surface area contributed by atoms with Gasteiger partial charge in [-0.15, -0.1) is 0 Å². The lowest BCUT2D eigenvalue weighted by Gasteiger charge is -2.06. The molecule has 0 aliphatic rings. The molecule has 0 aliphatic carbocycles. The molecule has 1 atom stereocenters. The zero-order chi connectivity index (χ0) is 11.4. The normalized spacial score (nSPS) is 12.4. The minimum absolute atomic E-state index is 0.0230. The van der Waals surface area contributed by atoms with Crippen molar-refractivity contribution in [1.82, 2.24) is 10.1 Å². The van der Waals surface area contributed by atoms with Crippen LogP contribution in [0.4, 0.5) is 5.95 Å². The first-order chi connectivity index (χ1) is 7.79. The van der Waals surface area contributed by atoms with E-state index in [4.69, 9.17) is 9.63 Å². The maximum absolute atomic E-state index is 8.87. The first-order valence-corrected chi connectivity index (χ1v) is 5.06. The number of benzene rings is 1. The number of nitrogens with zero attached hydrogens (tertiary/aromatic N) is 2. The van der Waals surface area contributed by atoms with Crippen LogP contribution >= 0.6 is 0 Å². The Bertz CT molecular complexity index is 442. The van der Waals surface area contributed by atoms with Gasteiger partial charge in [0.25, 0.3) is 11.8 Å². The Morgan fingerprint density at radius 2 is 2.12 bits per heavy atom. The first-order valence-electron chi connectivity index (χ1n) is 5.06. The zero-order valence-electron chi connectivity index (χ0n) is 8.92. The molecule has 0 saturated heterocycles. The summed E-state index contributed by atoms with van der Waals surface area (Å²) in [6.45, 7) is 1.85. The van der Waals surface area contributed by atoms with Crippen molar-refractivity contribution in [3.63, 3.8) is 0 Å². The van der Waals surface area contributed by atoms with Crippen molar-refractivity contribution in [2.75, 3.05) is 11.9 Å². The van der Waals surface area contributed by atoms with Gasteiger partial charge in [0.15, 0.2) is 0 Å². The van der Waals surface area contributed by atoms with E-state index < -0.39 is 0 Å². The topological polar surface area (TPSA) is 71.2 Å². The van der Waals surface area contributed by atoms with Crippen molar-refractivity contribution in [3.05, 3.63) is 30.3 Å². The molecule has 0 unspecified atom stereocenters.